The van der Waals surface area contributed by atoms with Crippen molar-refractivity contribution in [3.05, 3.63) is 48.0 Å². The zero-order chi connectivity index (χ0) is 28.7. The highest BCUT2D eigenvalue weighted by Gasteiger charge is 2.34. The van der Waals surface area contributed by atoms with E-state index >= 15 is 0 Å². The summed E-state index contributed by atoms with van der Waals surface area (Å²) >= 11 is 0. The number of fused-ring (bicyclic) bond motifs is 1. The number of benzene rings is 2. The van der Waals surface area contributed by atoms with E-state index in [1.54, 1.807) is 73.3 Å². The summed E-state index contributed by atoms with van der Waals surface area (Å²) < 4.78 is 11.4. The molecule has 0 unspecified atom stereocenters. The fourth-order valence-electron chi connectivity index (χ4n) is 4.20. The molecule has 0 spiro atoms. The van der Waals surface area contributed by atoms with Crippen molar-refractivity contribution in [1.82, 2.24) is 15.1 Å². The van der Waals surface area contributed by atoms with E-state index in [9.17, 15) is 19.5 Å². The Morgan fingerprint density at radius 3 is 2.38 bits per heavy atom. The number of hydrogen-bond acceptors (Lipinski definition) is 6. The van der Waals surface area contributed by atoms with Crippen molar-refractivity contribution in [3.8, 4) is 11.5 Å². The summed E-state index contributed by atoms with van der Waals surface area (Å²) in [5, 5.41) is 18.2. The standard InChI is InChI=1S/C28H39N5O6/c1-17(2)29-28(37)32(5)15-25-18(3)14-33(19(4)16-34)26(35)23-13-21(9-12-24(23)39-25)31-27(36)30-20-7-10-22(38-6)11-8-20/h7-13,17-19,25,34H,14-16H2,1-6H3,(H,29,37)(H2,30,31,36)/t18-,19+,25-/m0/s1. The lowest BCUT2D eigenvalue weighted by Crippen LogP contribution is -2.51. The number of aliphatic hydroxyl groups is 1. The summed E-state index contributed by atoms with van der Waals surface area (Å²) in [6.07, 6.45) is -0.426. The number of hydrogen-bond donors (Lipinski definition) is 4. The van der Waals surface area contributed by atoms with Gasteiger partial charge in [0, 0.05) is 36.9 Å². The average molecular weight is 542 g/mol. The molecule has 0 bridgehead atoms. The molecular weight excluding hydrogens is 502 g/mol. The maximum atomic E-state index is 13.6. The molecule has 4 N–H and O–H groups in total. The highest BCUT2D eigenvalue weighted by atomic mass is 16.5. The first kappa shape index (κ1) is 29.6. The van der Waals surface area contributed by atoms with Crippen molar-refractivity contribution in [1.29, 1.82) is 0 Å². The Bertz CT molecular complexity index is 1160. The molecule has 39 heavy (non-hydrogen) atoms. The van der Waals surface area contributed by atoms with E-state index in [-0.39, 0.29) is 36.1 Å². The number of aliphatic hydroxyl groups excluding tert-OH is 1. The molecule has 1 heterocycles. The maximum absolute atomic E-state index is 13.6. The van der Waals surface area contributed by atoms with Crippen molar-refractivity contribution >= 4 is 29.3 Å². The van der Waals surface area contributed by atoms with Crippen LogP contribution < -0.4 is 25.4 Å². The molecule has 3 atom stereocenters. The third kappa shape index (κ3) is 7.76. The van der Waals surface area contributed by atoms with Crippen LogP contribution in [0.4, 0.5) is 21.0 Å². The van der Waals surface area contributed by atoms with E-state index in [1.165, 1.54) is 0 Å². The van der Waals surface area contributed by atoms with Gasteiger partial charge in [-0.25, -0.2) is 9.59 Å². The fourth-order valence-corrected chi connectivity index (χ4v) is 4.20. The molecule has 0 fully saturated rings. The lowest BCUT2D eigenvalue weighted by Gasteiger charge is -2.38. The van der Waals surface area contributed by atoms with Crippen LogP contribution in [0, 0.1) is 5.92 Å². The summed E-state index contributed by atoms with van der Waals surface area (Å²) in [6.45, 7) is 7.90. The monoisotopic (exact) mass is 541 g/mol. The Kier molecular flexibility index (Phi) is 10.00. The first-order valence-corrected chi connectivity index (χ1v) is 13.0. The van der Waals surface area contributed by atoms with Gasteiger partial charge in [0.15, 0.2) is 0 Å². The molecule has 212 valence electrons. The average Bonchev–Trinajstić information content (AvgIpc) is 2.90. The summed E-state index contributed by atoms with van der Waals surface area (Å²) in [5.74, 6) is 0.549. The number of amides is 5. The van der Waals surface area contributed by atoms with Crippen LogP contribution in [0.3, 0.4) is 0 Å². The Hall–Kier alpha value is -3.99. The molecule has 0 radical (unpaired) electrons. The molecule has 1 aliphatic heterocycles. The van der Waals surface area contributed by atoms with Crippen LogP contribution in [0.5, 0.6) is 11.5 Å². The van der Waals surface area contributed by atoms with E-state index in [4.69, 9.17) is 9.47 Å². The number of rotatable bonds is 8. The highest BCUT2D eigenvalue weighted by Crippen LogP contribution is 2.31. The van der Waals surface area contributed by atoms with Gasteiger partial charge in [0.2, 0.25) is 0 Å². The van der Waals surface area contributed by atoms with Crippen molar-refractivity contribution in [2.24, 2.45) is 5.92 Å². The van der Waals surface area contributed by atoms with Gasteiger partial charge in [-0.3, -0.25) is 4.79 Å². The Morgan fingerprint density at radius 1 is 1.13 bits per heavy atom. The van der Waals surface area contributed by atoms with Gasteiger partial charge in [-0.2, -0.15) is 0 Å². The van der Waals surface area contributed by atoms with Crippen molar-refractivity contribution in [3.63, 3.8) is 0 Å². The van der Waals surface area contributed by atoms with Gasteiger partial charge in [0.05, 0.1) is 31.9 Å². The summed E-state index contributed by atoms with van der Waals surface area (Å²) in [5.41, 5.74) is 1.22. The van der Waals surface area contributed by atoms with Crippen LogP contribution in [-0.4, -0.2) is 84.9 Å². The second-order valence-corrected chi connectivity index (χ2v) is 10.1. The van der Waals surface area contributed by atoms with E-state index < -0.39 is 18.2 Å². The third-order valence-corrected chi connectivity index (χ3v) is 6.48. The zero-order valence-electron chi connectivity index (χ0n) is 23.4. The number of nitrogens with one attached hydrogen (secondary N) is 3. The van der Waals surface area contributed by atoms with E-state index in [1.807, 2.05) is 20.8 Å². The number of likely N-dealkylation sites (N-methyl/N-ethyl adjacent to an activating group) is 1. The van der Waals surface area contributed by atoms with Gasteiger partial charge in [-0.15, -0.1) is 0 Å². The normalized spacial score (nSPS) is 17.7. The van der Waals surface area contributed by atoms with Gasteiger partial charge < -0.3 is 40.3 Å². The van der Waals surface area contributed by atoms with Crippen LogP contribution in [0.2, 0.25) is 0 Å². The molecule has 2 aromatic carbocycles. The van der Waals surface area contributed by atoms with Crippen LogP contribution in [0.25, 0.3) is 0 Å². The largest absolute Gasteiger partial charge is 0.497 e. The minimum absolute atomic E-state index is 0.0114. The van der Waals surface area contributed by atoms with E-state index in [0.29, 0.717) is 36.0 Å². The molecule has 11 heteroatoms. The van der Waals surface area contributed by atoms with Gasteiger partial charge in [-0.1, -0.05) is 6.92 Å². The molecular formula is C28H39N5O6. The number of methoxy groups -OCH3 is 1. The predicted molar refractivity (Wildman–Crippen MR) is 150 cm³/mol. The van der Waals surface area contributed by atoms with Crippen LogP contribution in [0.1, 0.15) is 38.1 Å². The van der Waals surface area contributed by atoms with E-state index in [0.717, 1.165) is 0 Å². The Balaban J connectivity index is 1.85. The Morgan fingerprint density at radius 2 is 1.77 bits per heavy atom. The maximum Gasteiger partial charge on any atom is 0.323 e. The van der Waals surface area contributed by atoms with Crippen LogP contribution in [0.15, 0.2) is 42.5 Å². The second-order valence-electron chi connectivity index (χ2n) is 10.1. The number of nitrogens with zero attached hydrogens (tertiary/aromatic N) is 2. The first-order chi connectivity index (χ1) is 18.5. The van der Waals surface area contributed by atoms with Gasteiger partial charge in [0.1, 0.15) is 17.6 Å². The highest BCUT2D eigenvalue weighted by molar-refractivity contribution is 6.02. The van der Waals surface area contributed by atoms with Crippen molar-refractivity contribution in [2.75, 3.05) is 44.5 Å². The van der Waals surface area contributed by atoms with Crippen LogP contribution >= 0.6 is 0 Å². The summed E-state index contributed by atoms with van der Waals surface area (Å²) in [6, 6.07) is 10.6. The Labute approximate surface area is 229 Å². The minimum Gasteiger partial charge on any atom is -0.497 e. The topological polar surface area (TPSA) is 132 Å². The molecule has 2 aromatic rings. The molecule has 0 aromatic heterocycles. The second kappa shape index (κ2) is 13.2. The van der Waals surface area contributed by atoms with Crippen LogP contribution in [-0.2, 0) is 0 Å². The van der Waals surface area contributed by atoms with E-state index in [2.05, 4.69) is 16.0 Å². The van der Waals surface area contributed by atoms with Crippen molar-refractivity contribution in [2.45, 2.75) is 45.9 Å². The van der Waals surface area contributed by atoms with Gasteiger partial charge >= 0.3 is 12.1 Å². The van der Waals surface area contributed by atoms with Crippen molar-refractivity contribution < 1.29 is 29.0 Å². The summed E-state index contributed by atoms with van der Waals surface area (Å²) in [7, 11) is 3.26. The molecule has 0 aliphatic carbocycles. The first-order valence-electron chi connectivity index (χ1n) is 13.0. The van der Waals surface area contributed by atoms with Gasteiger partial charge in [-0.05, 0) is 63.2 Å². The lowest BCUT2D eigenvalue weighted by atomic mass is 9.99. The zero-order valence-corrected chi connectivity index (χ0v) is 23.4. The minimum atomic E-state index is -0.482. The number of urea groups is 2. The smallest absolute Gasteiger partial charge is 0.323 e. The number of anilines is 2. The third-order valence-electron chi connectivity index (χ3n) is 6.48. The molecule has 5 amide bonds. The quantitative estimate of drug-likeness (QED) is 0.404. The van der Waals surface area contributed by atoms with Gasteiger partial charge in [0.25, 0.3) is 5.91 Å². The molecule has 3 rings (SSSR count). The predicted octanol–water partition coefficient (Wildman–Crippen LogP) is 3.61. The number of carbonyl (C=O) groups excluding carboxylic acids is 3. The number of carbonyl (C=O) groups is 3. The lowest BCUT2D eigenvalue weighted by molar-refractivity contribution is 0.0366. The molecule has 0 saturated carbocycles. The molecule has 11 nitrogen and oxygen atoms in total. The summed E-state index contributed by atoms with van der Waals surface area (Å²) in [4.78, 5) is 41.9. The SMILES string of the molecule is COc1ccc(NC(=O)Nc2ccc3c(c2)C(=O)N([C@H](C)CO)C[C@H](C)[C@H](CN(C)C(=O)NC(C)C)O3)cc1. The number of ether oxygens (including phenoxy) is 2. The molecule has 1 aliphatic rings. The fraction of sp³-hybridized carbons (Fsp3) is 0.464. The molecule has 0 saturated heterocycles.